The summed E-state index contributed by atoms with van der Waals surface area (Å²) in [4.78, 5) is 24.6. The molecule has 1 heterocycles. The molecule has 1 saturated heterocycles. The maximum absolute atomic E-state index is 12.8. The van der Waals surface area contributed by atoms with Crippen molar-refractivity contribution in [3.63, 3.8) is 0 Å². The van der Waals surface area contributed by atoms with Crippen LogP contribution in [0.1, 0.15) is 33.6 Å². The average Bonchev–Trinajstić information content (AvgIpc) is 3.28. The molecule has 6 heteroatoms. The highest BCUT2D eigenvalue weighted by atomic mass is 16.6. The molecule has 0 aromatic carbocycles. The molecule has 2 fully saturated rings. The van der Waals surface area contributed by atoms with E-state index in [1.807, 2.05) is 0 Å². The Labute approximate surface area is 183 Å². The maximum Gasteiger partial charge on any atom is 0.336 e. The Hall–Kier alpha value is -2.44. The van der Waals surface area contributed by atoms with Gasteiger partial charge in [0.1, 0.15) is 12.7 Å². The Balaban J connectivity index is 1.73. The van der Waals surface area contributed by atoms with E-state index >= 15 is 0 Å². The summed E-state index contributed by atoms with van der Waals surface area (Å²) in [6.45, 7) is 13.8. The second-order valence-corrected chi connectivity index (χ2v) is 8.54. The van der Waals surface area contributed by atoms with Crippen LogP contribution < -0.4 is 0 Å². The van der Waals surface area contributed by atoms with Crippen LogP contribution in [0.4, 0.5) is 0 Å². The quantitative estimate of drug-likeness (QED) is 0.397. The van der Waals surface area contributed by atoms with Crippen molar-refractivity contribution in [3.05, 3.63) is 59.3 Å². The Morgan fingerprint density at radius 3 is 2.68 bits per heavy atom. The van der Waals surface area contributed by atoms with Gasteiger partial charge in [0.25, 0.3) is 0 Å². The van der Waals surface area contributed by atoms with Crippen LogP contribution >= 0.6 is 0 Å². The number of hydrogen-bond donors (Lipinski definition) is 1. The van der Waals surface area contributed by atoms with Gasteiger partial charge in [0.05, 0.1) is 24.9 Å². The van der Waals surface area contributed by atoms with E-state index in [0.29, 0.717) is 18.6 Å². The fraction of sp³-hybridized carbons (Fsp3) is 0.520. The molecule has 0 aromatic rings. The summed E-state index contributed by atoms with van der Waals surface area (Å²) in [6.07, 6.45) is 6.18. The molecule has 0 radical (unpaired) electrons. The molecule has 6 nitrogen and oxygen atoms in total. The minimum absolute atomic E-state index is 0.0538. The van der Waals surface area contributed by atoms with Gasteiger partial charge in [0, 0.05) is 23.8 Å². The Morgan fingerprint density at radius 1 is 1.26 bits per heavy atom. The van der Waals surface area contributed by atoms with Crippen molar-refractivity contribution in [3.8, 4) is 0 Å². The van der Waals surface area contributed by atoms with E-state index in [-0.39, 0.29) is 36.0 Å². The summed E-state index contributed by atoms with van der Waals surface area (Å²) in [5, 5.41) is 9.67. The lowest BCUT2D eigenvalue weighted by Crippen LogP contribution is -2.36. The number of aliphatic hydroxyl groups excluding tert-OH is 1. The van der Waals surface area contributed by atoms with E-state index < -0.39 is 24.6 Å². The molecule has 3 rings (SSSR count). The highest BCUT2D eigenvalue weighted by Crippen LogP contribution is 2.50. The lowest BCUT2D eigenvalue weighted by Gasteiger charge is -2.29. The first-order valence-electron chi connectivity index (χ1n) is 10.7. The number of allylic oxidation sites excluding steroid dienone is 2. The summed E-state index contributed by atoms with van der Waals surface area (Å²) in [6, 6.07) is 0. The van der Waals surface area contributed by atoms with Crippen LogP contribution in [0.2, 0.25) is 0 Å². The molecular weight excluding hydrogens is 396 g/mol. The van der Waals surface area contributed by atoms with Crippen molar-refractivity contribution in [2.24, 2.45) is 17.8 Å². The minimum atomic E-state index is -0.628. The molecule has 168 valence electrons. The van der Waals surface area contributed by atoms with Crippen molar-refractivity contribution in [2.45, 2.75) is 45.8 Å². The van der Waals surface area contributed by atoms with Crippen molar-refractivity contribution in [1.82, 2.24) is 0 Å². The van der Waals surface area contributed by atoms with Gasteiger partial charge in [-0.3, -0.25) is 0 Å². The van der Waals surface area contributed by atoms with Gasteiger partial charge >= 0.3 is 11.9 Å². The standard InChI is InChI=1S/C25H32O6/c1-6-14(2)24(27)29-10-9-18(12-26)25(28)31-20-11-16(4)19-8-7-15(3)21(19)23-22(20)17(5)13-30-23/h6-7,9,19-23,26H,4-5,8,10-13H2,1-3H3. The zero-order valence-corrected chi connectivity index (χ0v) is 18.6. The summed E-state index contributed by atoms with van der Waals surface area (Å²) in [5.74, 6) is -0.711. The van der Waals surface area contributed by atoms with Crippen molar-refractivity contribution in [2.75, 3.05) is 19.8 Å². The number of hydrogen-bond acceptors (Lipinski definition) is 6. The van der Waals surface area contributed by atoms with Crippen LogP contribution in [0.15, 0.2) is 59.3 Å². The Morgan fingerprint density at radius 2 is 2.00 bits per heavy atom. The normalized spacial score (nSPS) is 31.0. The lowest BCUT2D eigenvalue weighted by atomic mass is 9.80. The highest BCUT2D eigenvalue weighted by molar-refractivity contribution is 5.89. The fourth-order valence-corrected chi connectivity index (χ4v) is 4.79. The molecule has 1 aliphatic heterocycles. The molecule has 0 bridgehead atoms. The summed E-state index contributed by atoms with van der Waals surface area (Å²) in [5.41, 5.74) is 3.78. The van der Waals surface area contributed by atoms with Gasteiger partial charge in [0.2, 0.25) is 0 Å². The van der Waals surface area contributed by atoms with E-state index in [0.717, 1.165) is 17.6 Å². The molecular formula is C25H32O6. The average molecular weight is 429 g/mol. The SMILES string of the molecule is C=C1CC(OC(=O)C(=CCOC(=O)C(C)=CC)CO)C2C(=C)COC2C2C(C)=CCC12. The highest BCUT2D eigenvalue weighted by Gasteiger charge is 2.50. The second-order valence-electron chi connectivity index (χ2n) is 8.54. The largest absolute Gasteiger partial charge is 0.458 e. The summed E-state index contributed by atoms with van der Waals surface area (Å²) >= 11 is 0. The number of esters is 2. The Bertz CT molecular complexity index is 861. The first kappa shape index (κ1) is 23.2. The predicted octanol–water partition coefficient (Wildman–Crippen LogP) is 3.44. The number of carbonyl (C=O) groups excluding carboxylic acids is 2. The first-order chi connectivity index (χ1) is 14.8. The van der Waals surface area contributed by atoms with Gasteiger partial charge < -0.3 is 19.3 Å². The minimum Gasteiger partial charge on any atom is -0.458 e. The number of fused-ring (bicyclic) bond motifs is 3. The van der Waals surface area contributed by atoms with Crippen LogP contribution in [0.25, 0.3) is 0 Å². The zero-order chi connectivity index (χ0) is 22.7. The van der Waals surface area contributed by atoms with Crippen molar-refractivity contribution < 1.29 is 28.9 Å². The Kier molecular flexibility index (Phi) is 7.34. The molecule has 1 saturated carbocycles. The molecule has 3 aliphatic rings. The molecule has 5 unspecified atom stereocenters. The monoisotopic (exact) mass is 428 g/mol. The van der Waals surface area contributed by atoms with Gasteiger partial charge in [-0.2, -0.15) is 0 Å². The zero-order valence-electron chi connectivity index (χ0n) is 18.6. The van der Waals surface area contributed by atoms with Crippen LogP contribution in [-0.4, -0.2) is 49.1 Å². The van der Waals surface area contributed by atoms with E-state index in [4.69, 9.17) is 14.2 Å². The van der Waals surface area contributed by atoms with Crippen molar-refractivity contribution in [1.29, 1.82) is 0 Å². The van der Waals surface area contributed by atoms with Gasteiger partial charge in [-0.25, -0.2) is 9.59 Å². The topological polar surface area (TPSA) is 82.1 Å². The van der Waals surface area contributed by atoms with Crippen molar-refractivity contribution >= 4 is 11.9 Å². The number of ether oxygens (including phenoxy) is 3. The molecule has 5 atom stereocenters. The predicted molar refractivity (Wildman–Crippen MR) is 117 cm³/mol. The first-order valence-corrected chi connectivity index (χ1v) is 10.7. The van der Waals surface area contributed by atoms with Gasteiger partial charge in [0.15, 0.2) is 0 Å². The third kappa shape index (κ3) is 4.75. The molecule has 0 spiro atoms. The number of aliphatic hydroxyl groups is 1. The number of carbonyl (C=O) groups is 2. The van der Waals surface area contributed by atoms with E-state index in [1.165, 1.54) is 11.6 Å². The summed E-state index contributed by atoms with van der Waals surface area (Å²) < 4.78 is 17.1. The maximum atomic E-state index is 12.8. The van der Waals surface area contributed by atoms with E-state index in [2.05, 4.69) is 26.2 Å². The fourth-order valence-electron chi connectivity index (χ4n) is 4.79. The molecule has 0 amide bonds. The third-order valence-corrected chi connectivity index (χ3v) is 6.67. The van der Waals surface area contributed by atoms with Gasteiger partial charge in [-0.05, 0) is 44.8 Å². The van der Waals surface area contributed by atoms with Gasteiger partial charge in [-0.1, -0.05) is 36.5 Å². The number of rotatable bonds is 6. The second kappa shape index (κ2) is 9.79. The lowest BCUT2D eigenvalue weighted by molar-refractivity contribution is -0.148. The van der Waals surface area contributed by atoms with E-state index in [1.54, 1.807) is 19.9 Å². The molecule has 2 aliphatic carbocycles. The van der Waals surface area contributed by atoms with Crippen LogP contribution in [0.5, 0.6) is 0 Å². The molecule has 1 N–H and O–H groups in total. The third-order valence-electron chi connectivity index (χ3n) is 6.67. The van der Waals surface area contributed by atoms with Crippen LogP contribution in [0.3, 0.4) is 0 Å². The van der Waals surface area contributed by atoms with Crippen LogP contribution in [-0.2, 0) is 23.8 Å². The smallest absolute Gasteiger partial charge is 0.336 e. The van der Waals surface area contributed by atoms with Gasteiger partial charge in [-0.15, -0.1) is 0 Å². The molecule has 0 aromatic heterocycles. The molecule has 31 heavy (non-hydrogen) atoms. The van der Waals surface area contributed by atoms with E-state index in [9.17, 15) is 14.7 Å². The van der Waals surface area contributed by atoms with Crippen LogP contribution in [0, 0.1) is 17.8 Å². The summed E-state index contributed by atoms with van der Waals surface area (Å²) in [7, 11) is 0.